The Morgan fingerprint density at radius 3 is 2.83 bits per heavy atom. The fraction of sp³-hybridized carbons (Fsp3) is 0.273. The first-order chi connectivity index (χ1) is 8.43. The van der Waals surface area contributed by atoms with Gasteiger partial charge in [0.2, 0.25) is 0 Å². The monoisotopic (exact) mass is 250 g/mol. The molecule has 0 bridgehead atoms. The van der Waals surface area contributed by atoms with Crippen LogP contribution in [0.25, 0.3) is 0 Å². The lowest BCUT2D eigenvalue weighted by Crippen LogP contribution is -2.17. The van der Waals surface area contributed by atoms with Crippen LogP contribution in [0, 0.1) is 21.4 Å². The van der Waals surface area contributed by atoms with Crippen LogP contribution in [-0.4, -0.2) is 22.1 Å². The molecule has 1 atom stereocenters. The van der Waals surface area contributed by atoms with Crippen LogP contribution in [0.15, 0.2) is 18.2 Å². The Morgan fingerprint density at radius 2 is 2.33 bits per heavy atom. The van der Waals surface area contributed by atoms with Crippen LogP contribution < -0.4 is 4.74 Å². The Labute approximate surface area is 102 Å². The van der Waals surface area contributed by atoms with Crippen LogP contribution in [0.3, 0.4) is 0 Å². The zero-order chi connectivity index (χ0) is 13.7. The van der Waals surface area contributed by atoms with Crippen molar-refractivity contribution in [2.75, 3.05) is 0 Å². The number of benzene rings is 1. The predicted octanol–water partition coefficient (Wildman–Crippen LogP) is 1.71. The Balaban J connectivity index is 2.98. The summed E-state index contributed by atoms with van der Waals surface area (Å²) in [4.78, 5) is 20.6. The minimum Gasteiger partial charge on any atom is -0.483 e. The van der Waals surface area contributed by atoms with Crippen molar-refractivity contribution in [3.05, 3.63) is 33.9 Å². The van der Waals surface area contributed by atoms with Gasteiger partial charge in [-0.2, -0.15) is 5.26 Å². The number of nitro benzene ring substituents is 1. The molecular weight excluding hydrogens is 240 g/mol. The van der Waals surface area contributed by atoms with Crippen molar-refractivity contribution in [3.8, 4) is 11.8 Å². The molecule has 7 heteroatoms. The van der Waals surface area contributed by atoms with Crippen LogP contribution >= 0.6 is 0 Å². The molecule has 0 aliphatic heterocycles. The highest BCUT2D eigenvalue weighted by Gasteiger charge is 2.19. The molecule has 0 heterocycles. The summed E-state index contributed by atoms with van der Waals surface area (Å²) in [6, 6.07) is 5.52. The molecule has 0 aliphatic rings. The molecule has 18 heavy (non-hydrogen) atoms. The molecule has 0 saturated heterocycles. The SMILES string of the molecule is C[C@@H](CC(=O)O)Oc1ccc(C#N)cc1[N+](=O)[O-]. The molecule has 0 unspecified atom stereocenters. The minimum absolute atomic E-state index is 0.0484. The van der Waals surface area contributed by atoms with Gasteiger partial charge >= 0.3 is 11.7 Å². The van der Waals surface area contributed by atoms with Crippen molar-refractivity contribution in [1.29, 1.82) is 5.26 Å². The Bertz CT molecular complexity index is 521. The van der Waals surface area contributed by atoms with Crippen molar-refractivity contribution < 1.29 is 19.6 Å². The molecule has 1 N–H and O–H groups in total. The van der Waals surface area contributed by atoms with Crippen LogP contribution in [0.5, 0.6) is 5.75 Å². The van der Waals surface area contributed by atoms with Crippen LogP contribution in [0.4, 0.5) is 5.69 Å². The Kier molecular flexibility index (Phi) is 4.21. The number of nitro groups is 1. The molecule has 0 aromatic heterocycles. The largest absolute Gasteiger partial charge is 0.483 e. The molecule has 0 amide bonds. The molecule has 0 fully saturated rings. The summed E-state index contributed by atoms with van der Waals surface area (Å²) >= 11 is 0. The van der Waals surface area contributed by atoms with Crippen molar-refractivity contribution in [1.82, 2.24) is 0 Å². The van der Waals surface area contributed by atoms with Crippen LogP contribution in [0.1, 0.15) is 18.9 Å². The van der Waals surface area contributed by atoms with E-state index in [0.717, 1.165) is 6.07 Å². The van der Waals surface area contributed by atoms with E-state index < -0.39 is 17.0 Å². The number of ether oxygens (including phenoxy) is 1. The number of hydrogen-bond acceptors (Lipinski definition) is 5. The van der Waals surface area contributed by atoms with Gasteiger partial charge in [-0.15, -0.1) is 0 Å². The molecule has 7 nitrogen and oxygen atoms in total. The fourth-order valence-electron chi connectivity index (χ4n) is 1.33. The van der Waals surface area contributed by atoms with Gasteiger partial charge < -0.3 is 9.84 Å². The normalized spacial score (nSPS) is 11.3. The summed E-state index contributed by atoms with van der Waals surface area (Å²) in [5.74, 6) is -1.11. The van der Waals surface area contributed by atoms with E-state index in [-0.39, 0.29) is 23.4 Å². The average Bonchev–Trinajstić information content (AvgIpc) is 2.28. The second kappa shape index (κ2) is 5.63. The van der Waals surface area contributed by atoms with Gasteiger partial charge in [-0.1, -0.05) is 0 Å². The van der Waals surface area contributed by atoms with Gasteiger partial charge in [-0.25, -0.2) is 0 Å². The van der Waals surface area contributed by atoms with Gasteiger partial charge in [0.25, 0.3) is 0 Å². The zero-order valence-electron chi connectivity index (χ0n) is 9.49. The fourth-order valence-corrected chi connectivity index (χ4v) is 1.33. The molecule has 0 radical (unpaired) electrons. The predicted molar refractivity (Wildman–Crippen MR) is 60.2 cm³/mol. The number of carboxylic acid groups (broad SMARTS) is 1. The first-order valence-electron chi connectivity index (χ1n) is 5.01. The molecule has 1 aromatic carbocycles. The van der Waals surface area contributed by atoms with Gasteiger partial charge in [0.1, 0.15) is 6.10 Å². The first kappa shape index (κ1) is 13.4. The van der Waals surface area contributed by atoms with Gasteiger partial charge in [0.05, 0.1) is 23.0 Å². The molecule has 0 saturated carbocycles. The highest BCUT2D eigenvalue weighted by Crippen LogP contribution is 2.28. The van der Waals surface area contributed by atoms with Gasteiger partial charge in [-0.05, 0) is 19.1 Å². The summed E-state index contributed by atoms with van der Waals surface area (Å²) in [7, 11) is 0. The molecular formula is C11H10N2O5. The molecule has 94 valence electrons. The molecule has 1 rings (SSSR count). The maximum atomic E-state index is 10.8. The molecule has 0 aliphatic carbocycles. The van der Waals surface area contributed by atoms with Crippen molar-refractivity contribution in [2.24, 2.45) is 0 Å². The lowest BCUT2D eigenvalue weighted by atomic mass is 10.2. The third-order valence-corrected chi connectivity index (χ3v) is 2.07. The third kappa shape index (κ3) is 3.45. The van der Waals surface area contributed by atoms with Gasteiger partial charge in [-0.3, -0.25) is 14.9 Å². The number of hydrogen-bond donors (Lipinski definition) is 1. The number of carbonyl (C=O) groups is 1. The van der Waals surface area contributed by atoms with E-state index in [9.17, 15) is 14.9 Å². The van der Waals surface area contributed by atoms with E-state index >= 15 is 0 Å². The van der Waals surface area contributed by atoms with Crippen LogP contribution in [-0.2, 0) is 4.79 Å². The second-order valence-corrected chi connectivity index (χ2v) is 3.58. The minimum atomic E-state index is -1.06. The maximum absolute atomic E-state index is 10.8. The molecule has 1 aromatic rings. The number of nitrogens with zero attached hydrogens (tertiary/aromatic N) is 2. The highest BCUT2D eigenvalue weighted by atomic mass is 16.6. The number of aliphatic carboxylic acids is 1. The number of rotatable bonds is 5. The van der Waals surface area contributed by atoms with E-state index in [2.05, 4.69) is 0 Å². The zero-order valence-corrected chi connectivity index (χ0v) is 9.49. The lowest BCUT2D eigenvalue weighted by molar-refractivity contribution is -0.386. The first-order valence-corrected chi connectivity index (χ1v) is 5.01. The van der Waals surface area contributed by atoms with E-state index in [1.807, 2.05) is 0 Å². The van der Waals surface area contributed by atoms with Crippen LogP contribution in [0.2, 0.25) is 0 Å². The number of nitriles is 1. The third-order valence-electron chi connectivity index (χ3n) is 2.07. The van der Waals surface area contributed by atoms with Crippen molar-refractivity contribution >= 4 is 11.7 Å². The van der Waals surface area contributed by atoms with Crippen molar-refractivity contribution in [3.63, 3.8) is 0 Å². The Hall–Kier alpha value is -2.62. The molecule has 0 spiro atoms. The van der Waals surface area contributed by atoms with E-state index in [0.29, 0.717) is 0 Å². The number of carboxylic acids is 1. The lowest BCUT2D eigenvalue weighted by Gasteiger charge is -2.12. The quantitative estimate of drug-likeness (QED) is 0.628. The summed E-state index contributed by atoms with van der Waals surface area (Å²) < 4.78 is 5.19. The Morgan fingerprint density at radius 1 is 1.67 bits per heavy atom. The van der Waals surface area contributed by atoms with Crippen molar-refractivity contribution in [2.45, 2.75) is 19.4 Å². The van der Waals surface area contributed by atoms with Gasteiger partial charge in [0.15, 0.2) is 5.75 Å². The van der Waals surface area contributed by atoms with Gasteiger partial charge in [0, 0.05) is 6.07 Å². The topological polar surface area (TPSA) is 113 Å². The summed E-state index contributed by atoms with van der Waals surface area (Å²) in [6.07, 6.45) is -0.967. The smallest absolute Gasteiger partial charge is 0.312 e. The highest BCUT2D eigenvalue weighted by molar-refractivity contribution is 5.67. The standard InChI is InChI=1S/C11H10N2O5/c1-7(4-11(14)15)18-10-3-2-8(6-12)5-9(10)13(16)17/h2-3,5,7H,4H2,1H3,(H,14,15)/t7-/m0/s1. The maximum Gasteiger partial charge on any atom is 0.312 e. The van der Waals surface area contributed by atoms with E-state index in [4.69, 9.17) is 15.1 Å². The summed E-state index contributed by atoms with van der Waals surface area (Å²) in [5.41, 5.74) is -0.216. The second-order valence-electron chi connectivity index (χ2n) is 3.58. The summed E-state index contributed by atoms with van der Waals surface area (Å²) in [6.45, 7) is 1.50. The van der Waals surface area contributed by atoms with E-state index in [1.54, 1.807) is 6.07 Å². The summed E-state index contributed by atoms with van der Waals surface area (Å²) in [5, 5.41) is 28.0. The average molecular weight is 250 g/mol. The van der Waals surface area contributed by atoms with E-state index in [1.165, 1.54) is 19.1 Å².